The van der Waals surface area contributed by atoms with Crippen LogP contribution in [0.4, 0.5) is 0 Å². The van der Waals surface area contributed by atoms with Gasteiger partial charge in [0.05, 0.1) is 12.2 Å². The number of rotatable bonds is 2. The quantitative estimate of drug-likeness (QED) is 0.385. The van der Waals surface area contributed by atoms with Crippen molar-refractivity contribution in [2.24, 2.45) is 0 Å². The lowest BCUT2D eigenvalue weighted by Crippen LogP contribution is -2.30. The van der Waals surface area contributed by atoms with Crippen LogP contribution in [-0.4, -0.2) is 30.0 Å². The zero-order valence-electron chi connectivity index (χ0n) is 7.66. The normalized spacial score (nSPS) is 21.3. The molecule has 0 aromatic rings. The van der Waals surface area contributed by atoms with Crippen LogP contribution in [-0.2, 0) is 9.53 Å². The minimum atomic E-state index is -0.427. The number of likely N-dealkylation sites (N-methyl/N-ethyl adjacent to an activating group) is 1. The summed E-state index contributed by atoms with van der Waals surface area (Å²) in [5.74, 6) is -0.348. The van der Waals surface area contributed by atoms with Crippen molar-refractivity contribution in [1.29, 1.82) is 0 Å². The monoisotopic (exact) mass is 201 g/mol. The van der Waals surface area contributed by atoms with Gasteiger partial charge in [0.15, 0.2) is 0 Å². The molecule has 0 aliphatic carbocycles. The van der Waals surface area contributed by atoms with E-state index in [0.717, 1.165) is 0 Å². The largest absolute Gasteiger partial charge is 0.463 e. The van der Waals surface area contributed by atoms with E-state index in [1.807, 2.05) is 0 Å². The van der Waals surface area contributed by atoms with Gasteiger partial charge in [0.25, 0.3) is 0 Å². The molecule has 0 N–H and O–H groups in total. The number of hydrogen-bond acceptors (Lipinski definition) is 3. The van der Waals surface area contributed by atoms with Crippen LogP contribution in [0.1, 0.15) is 6.92 Å². The van der Waals surface area contributed by atoms with E-state index >= 15 is 0 Å². The third-order valence-electron chi connectivity index (χ3n) is 1.72. The predicted molar refractivity (Wildman–Crippen MR) is 51.3 cm³/mol. The molecule has 0 amide bonds. The Balaban J connectivity index is 2.73. The first-order valence-electron chi connectivity index (χ1n) is 4.08. The second-order valence-corrected chi connectivity index (χ2v) is 3.10. The number of nitrogens with zero attached hydrogens (tertiary/aromatic N) is 1. The van der Waals surface area contributed by atoms with Crippen LogP contribution in [0.15, 0.2) is 23.9 Å². The molecule has 0 aromatic heterocycles. The van der Waals surface area contributed by atoms with Gasteiger partial charge in [0, 0.05) is 13.2 Å². The van der Waals surface area contributed by atoms with Crippen molar-refractivity contribution in [1.82, 2.24) is 4.90 Å². The summed E-state index contributed by atoms with van der Waals surface area (Å²) in [5.41, 5.74) is 0.0533. The molecule has 72 valence electrons. The number of ether oxygens (including phenoxy) is 1. The van der Waals surface area contributed by atoms with Crippen molar-refractivity contribution in [3.8, 4) is 0 Å². The Hall–Kier alpha value is -0.960. The number of alkyl halides is 1. The molecule has 0 radical (unpaired) electrons. The van der Waals surface area contributed by atoms with Crippen LogP contribution in [0.25, 0.3) is 0 Å². The van der Waals surface area contributed by atoms with Gasteiger partial charge < -0.3 is 9.64 Å². The molecule has 1 heterocycles. The molecule has 0 saturated heterocycles. The molecule has 13 heavy (non-hydrogen) atoms. The number of carbonyl (C=O) groups excluding carboxylic acids is 1. The van der Waals surface area contributed by atoms with Gasteiger partial charge in [-0.3, -0.25) is 0 Å². The van der Waals surface area contributed by atoms with Gasteiger partial charge in [0.2, 0.25) is 0 Å². The van der Waals surface area contributed by atoms with Crippen LogP contribution in [0.5, 0.6) is 0 Å². The molecule has 1 rings (SSSR count). The number of esters is 1. The lowest BCUT2D eigenvalue weighted by Gasteiger charge is -2.24. The van der Waals surface area contributed by atoms with Crippen molar-refractivity contribution in [3.05, 3.63) is 23.9 Å². The SMILES string of the molecule is CCOC(=O)C1=CC=CN(C)C1Cl. The second kappa shape index (κ2) is 4.33. The van der Waals surface area contributed by atoms with Gasteiger partial charge in [0.1, 0.15) is 5.50 Å². The van der Waals surface area contributed by atoms with E-state index in [1.54, 1.807) is 37.2 Å². The predicted octanol–water partition coefficient (Wildman–Crippen LogP) is 1.50. The highest BCUT2D eigenvalue weighted by atomic mass is 35.5. The van der Waals surface area contributed by atoms with Crippen LogP contribution < -0.4 is 0 Å². The van der Waals surface area contributed by atoms with E-state index in [-0.39, 0.29) is 5.97 Å². The summed E-state index contributed by atoms with van der Waals surface area (Å²) in [6.45, 7) is 2.14. The molecule has 1 aliphatic rings. The Bertz CT molecular complexity index is 260. The minimum absolute atomic E-state index is 0.348. The Morgan fingerprint density at radius 1 is 1.77 bits per heavy atom. The molecule has 0 spiro atoms. The highest BCUT2D eigenvalue weighted by molar-refractivity contribution is 6.25. The summed E-state index contributed by atoms with van der Waals surface area (Å²) < 4.78 is 4.85. The average Bonchev–Trinajstić information content (AvgIpc) is 2.10. The Morgan fingerprint density at radius 2 is 2.46 bits per heavy atom. The van der Waals surface area contributed by atoms with E-state index in [4.69, 9.17) is 16.3 Å². The van der Waals surface area contributed by atoms with E-state index in [9.17, 15) is 4.79 Å². The molecule has 3 nitrogen and oxygen atoms in total. The number of allylic oxidation sites excluding steroid dienone is 2. The van der Waals surface area contributed by atoms with Crippen molar-refractivity contribution in [2.75, 3.05) is 13.7 Å². The Labute approximate surface area is 82.6 Å². The van der Waals surface area contributed by atoms with E-state index in [1.165, 1.54) is 0 Å². The third kappa shape index (κ3) is 2.25. The molecule has 1 aliphatic heterocycles. The standard InChI is InChI=1S/C9H12ClNO2/c1-3-13-9(12)7-5-4-6-11(2)8(7)10/h4-6,8H,3H2,1-2H3. The van der Waals surface area contributed by atoms with Gasteiger partial charge in [-0.2, -0.15) is 0 Å². The highest BCUT2D eigenvalue weighted by Gasteiger charge is 2.23. The molecule has 4 heteroatoms. The summed E-state index contributed by atoms with van der Waals surface area (Å²) in [6.07, 6.45) is 5.25. The van der Waals surface area contributed by atoms with E-state index in [0.29, 0.717) is 12.2 Å². The number of carbonyl (C=O) groups is 1. The van der Waals surface area contributed by atoms with Gasteiger partial charge in [-0.1, -0.05) is 11.6 Å². The van der Waals surface area contributed by atoms with Crippen molar-refractivity contribution < 1.29 is 9.53 Å². The number of halogens is 1. The summed E-state index contributed by atoms with van der Waals surface area (Å²) in [5, 5.41) is 0. The van der Waals surface area contributed by atoms with Gasteiger partial charge >= 0.3 is 5.97 Å². The topological polar surface area (TPSA) is 29.5 Å². The van der Waals surface area contributed by atoms with Crippen LogP contribution >= 0.6 is 11.6 Å². The fourth-order valence-electron chi connectivity index (χ4n) is 1.04. The highest BCUT2D eigenvalue weighted by Crippen LogP contribution is 2.19. The smallest absolute Gasteiger partial charge is 0.337 e. The van der Waals surface area contributed by atoms with Gasteiger partial charge in [-0.25, -0.2) is 4.79 Å². The molecular formula is C9H12ClNO2. The zero-order chi connectivity index (χ0) is 9.84. The zero-order valence-corrected chi connectivity index (χ0v) is 8.41. The molecule has 0 bridgehead atoms. The van der Waals surface area contributed by atoms with Crippen molar-refractivity contribution in [2.45, 2.75) is 12.4 Å². The lowest BCUT2D eigenvalue weighted by molar-refractivity contribution is -0.138. The average molecular weight is 202 g/mol. The van der Waals surface area contributed by atoms with Crippen LogP contribution in [0.3, 0.4) is 0 Å². The maximum Gasteiger partial charge on any atom is 0.337 e. The fraction of sp³-hybridized carbons (Fsp3) is 0.444. The van der Waals surface area contributed by atoms with Crippen LogP contribution in [0, 0.1) is 0 Å². The minimum Gasteiger partial charge on any atom is -0.463 e. The first-order chi connectivity index (χ1) is 6.16. The van der Waals surface area contributed by atoms with E-state index in [2.05, 4.69) is 0 Å². The van der Waals surface area contributed by atoms with E-state index < -0.39 is 5.50 Å². The first-order valence-corrected chi connectivity index (χ1v) is 4.52. The van der Waals surface area contributed by atoms with Crippen molar-refractivity contribution >= 4 is 17.6 Å². The molecule has 0 aromatic carbocycles. The molecule has 0 fully saturated rings. The molecule has 0 saturated carbocycles. The first kappa shape index (κ1) is 10.1. The maximum atomic E-state index is 11.3. The molecule has 1 atom stereocenters. The number of hydrogen-bond donors (Lipinski definition) is 0. The molecule has 1 unspecified atom stereocenters. The van der Waals surface area contributed by atoms with Crippen molar-refractivity contribution in [3.63, 3.8) is 0 Å². The second-order valence-electron chi connectivity index (χ2n) is 2.69. The summed E-state index contributed by atoms with van der Waals surface area (Å²) in [6, 6.07) is 0. The molecular weight excluding hydrogens is 190 g/mol. The summed E-state index contributed by atoms with van der Waals surface area (Å²) in [7, 11) is 1.81. The summed E-state index contributed by atoms with van der Waals surface area (Å²) >= 11 is 5.97. The fourth-order valence-corrected chi connectivity index (χ4v) is 1.26. The third-order valence-corrected chi connectivity index (χ3v) is 2.27. The van der Waals surface area contributed by atoms with Crippen LogP contribution in [0.2, 0.25) is 0 Å². The van der Waals surface area contributed by atoms with Gasteiger partial charge in [-0.05, 0) is 19.1 Å². The maximum absolute atomic E-state index is 11.3. The lowest BCUT2D eigenvalue weighted by atomic mass is 10.2. The van der Waals surface area contributed by atoms with Gasteiger partial charge in [-0.15, -0.1) is 0 Å². The summed E-state index contributed by atoms with van der Waals surface area (Å²) in [4.78, 5) is 13.1. The Kier molecular flexibility index (Phi) is 3.37. The Morgan fingerprint density at radius 3 is 3.08 bits per heavy atom.